The van der Waals surface area contributed by atoms with Crippen LogP contribution in [0, 0.1) is 5.92 Å². The zero-order valence-corrected chi connectivity index (χ0v) is 14.9. The van der Waals surface area contributed by atoms with Crippen LogP contribution in [-0.2, 0) is 21.2 Å². The van der Waals surface area contributed by atoms with Crippen molar-refractivity contribution in [3.63, 3.8) is 0 Å². The third-order valence-electron chi connectivity index (χ3n) is 3.94. The standard InChI is InChI=1S/C17H29NO3S/c1-5-16-6-8-17(9-7-16)15(3)18-22(19,20)13-11-14(2)10-12-21-4/h6-9,14-15,18H,5,10-13H2,1-4H3/t14-,15-/m0/s1. The minimum atomic E-state index is -3.26. The molecule has 22 heavy (non-hydrogen) atoms. The second kappa shape index (κ2) is 9.28. The molecule has 0 heterocycles. The average Bonchev–Trinajstić information content (AvgIpc) is 2.50. The van der Waals surface area contributed by atoms with E-state index in [9.17, 15) is 8.42 Å². The van der Waals surface area contributed by atoms with E-state index < -0.39 is 10.0 Å². The highest BCUT2D eigenvalue weighted by molar-refractivity contribution is 7.89. The number of hydrogen-bond donors (Lipinski definition) is 1. The van der Waals surface area contributed by atoms with Crippen molar-refractivity contribution in [3.05, 3.63) is 35.4 Å². The molecule has 1 N–H and O–H groups in total. The molecule has 0 radical (unpaired) electrons. The fraction of sp³-hybridized carbons (Fsp3) is 0.647. The van der Waals surface area contributed by atoms with Crippen LogP contribution in [0.25, 0.3) is 0 Å². The minimum absolute atomic E-state index is 0.162. The van der Waals surface area contributed by atoms with Crippen LogP contribution in [0.2, 0.25) is 0 Å². The molecule has 0 fully saturated rings. The van der Waals surface area contributed by atoms with Gasteiger partial charge in [0.15, 0.2) is 0 Å². The quantitative estimate of drug-likeness (QED) is 0.717. The fourth-order valence-corrected chi connectivity index (χ4v) is 3.76. The van der Waals surface area contributed by atoms with Crippen LogP contribution in [0.3, 0.4) is 0 Å². The van der Waals surface area contributed by atoms with Crippen molar-refractivity contribution in [2.45, 2.75) is 46.1 Å². The van der Waals surface area contributed by atoms with Gasteiger partial charge in [-0.25, -0.2) is 13.1 Å². The molecule has 0 aliphatic carbocycles. The van der Waals surface area contributed by atoms with Gasteiger partial charge < -0.3 is 4.74 Å². The van der Waals surface area contributed by atoms with E-state index in [0.29, 0.717) is 18.9 Å². The Hall–Kier alpha value is -0.910. The number of methoxy groups -OCH3 is 1. The van der Waals surface area contributed by atoms with E-state index in [4.69, 9.17) is 4.74 Å². The van der Waals surface area contributed by atoms with E-state index >= 15 is 0 Å². The van der Waals surface area contributed by atoms with Gasteiger partial charge in [-0.3, -0.25) is 0 Å². The van der Waals surface area contributed by atoms with Crippen molar-refractivity contribution >= 4 is 10.0 Å². The summed E-state index contributed by atoms with van der Waals surface area (Å²) in [6.45, 7) is 6.72. The van der Waals surface area contributed by atoms with Crippen molar-refractivity contribution in [2.24, 2.45) is 5.92 Å². The zero-order valence-electron chi connectivity index (χ0n) is 14.1. The molecule has 0 bridgehead atoms. The Labute approximate surface area is 135 Å². The summed E-state index contributed by atoms with van der Waals surface area (Å²) in [5, 5.41) is 0. The van der Waals surface area contributed by atoms with Gasteiger partial charge in [0.05, 0.1) is 5.75 Å². The van der Waals surface area contributed by atoms with Gasteiger partial charge >= 0.3 is 0 Å². The van der Waals surface area contributed by atoms with E-state index in [0.717, 1.165) is 18.4 Å². The maximum absolute atomic E-state index is 12.2. The average molecular weight is 327 g/mol. The molecule has 0 aromatic heterocycles. The van der Waals surface area contributed by atoms with E-state index in [-0.39, 0.29) is 11.8 Å². The maximum atomic E-state index is 12.2. The lowest BCUT2D eigenvalue weighted by Gasteiger charge is -2.16. The molecule has 0 spiro atoms. The van der Waals surface area contributed by atoms with Gasteiger partial charge in [0.25, 0.3) is 0 Å². The summed E-state index contributed by atoms with van der Waals surface area (Å²) in [6, 6.07) is 7.88. The third-order valence-corrected chi connectivity index (χ3v) is 5.42. The summed E-state index contributed by atoms with van der Waals surface area (Å²) in [7, 11) is -1.59. The third kappa shape index (κ3) is 6.90. The van der Waals surface area contributed by atoms with Gasteiger partial charge in [0.1, 0.15) is 0 Å². The predicted molar refractivity (Wildman–Crippen MR) is 91.4 cm³/mol. The molecule has 0 amide bonds. The number of sulfonamides is 1. The van der Waals surface area contributed by atoms with Gasteiger partial charge in [-0.2, -0.15) is 0 Å². The lowest BCUT2D eigenvalue weighted by Crippen LogP contribution is -2.29. The van der Waals surface area contributed by atoms with Gasteiger partial charge in [-0.1, -0.05) is 38.1 Å². The lowest BCUT2D eigenvalue weighted by atomic mass is 10.1. The highest BCUT2D eigenvalue weighted by Crippen LogP contribution is 2.16. The Kier molecular flexibility index (Phi) is 8.07. The van der Waals surface area contributed by atoms with Crippen LogP contribution in [0.1, 0.15) is 50.8 Å². The summed E-state index contributed by atoms with van der Waals surface area (Å²) in [4.78, 5) is 0. The Morgan fingerprint density at radius 2 is 1.77 bits per heavy atom. The Bertz CT molecular complexity index is 525. The Balaban J connectivity index is 2.51. The number of hydrogen-bond acceptors (Lipinski definition) is 3. The topological polar surface area (TPSA) is 55.4 Å². The van der Waals surface area contributed by atoms with Crippen molar-refractivity contribution in [2.75, 3.05) is 19.5 Å². The summed E-state index contributed by atoms with van der Waals surface area (Å²) >= 11 is 0. The number of ether oxygens (including phenoxy) is 1. The summed E-state index contributed by atoms with van der Waals surface area (Å²) in [5.74, 6) is 0.505. The number of rotatable bonds is 10. The molecule has 4 nitrogen and oxygen atoms in total. The number of aryl methyl sites for hydroxylation is 1. The monoisotopic (exact) mass is 327 g/mol. The first kappa shape index (κ1) is 19.1. The van der Waals surface area contributed by atoms with Gasteiger partial charge in [0.2, 0.25) is 10.0 Å². The van der Waals surface area contributed by atoms with Crippen LogP contribution < -0.4 is 4.72 Å². The SMILES string of the molecule is CCc1ccc([C@H](C)NS(=O)(=O)CC[C@@H](C)CCOC)cc1. The summed E-state index contributed by atoms with van der Waals surface area (Å²) in [5.41, 5.74) is 2.25. The highest BCUT2D eigenvalue weighted by Gasteiger charge is 2.17. The van der Waals surface area contributed by atoms with Gasteiger partial charge in [0, 0.05) is 19.8 Å². The molecule has 126 valence electrons. The molecule has 0 aliphatic rings. The molecule has 0 unspecified atom stereocenters. The van der Waals surface area contributed by atoms with Crippen LogP contribution in [0.15, 0.2) is 24.3 Å². The maximum Gasteiger partial charge on any atom is 0.212 e. The largest absolute Gasteiger partial charge is 0.385 e. The van der Waals surface area contributed by atoms with E-state index in [2.05, 4.69) is 18.6 Å². The molecule has 1 aromatic rings. The van der Waals surface area contributed by atoms with Crippen molar-refractivity contribution in [1.29, 1.82) is 0 Å². The smallest absolute Gasteiger partial charge is 0.212 e. The van der Waals surface area contributed by atoms with Crippen LogP contribution in [-0.4, -0.2) is 27.9 Å². The van der Waals surface area contributed by atoms with Crippen LogP contribution in [0.4, 0.5) is 0 Å². The first-order valence-corrected chi connectivity index (χ1v) is 9.61. The van der Waals surface area contributed by atoms with E-state index in [1.807, 2.05) is 31.2 Å². The molecule has 1 aromatic carbocycles. The molecule has 1 rings (SSSR count). The molecule has 0 saturated carbocycles. The van der Waals surface area contributed by atoms with Crippen molar-refractivity contribution < 1.29 is 13.2 Å². The first-order chi connectivity index (χ1) is 10.4. The Morgan fingerprint density at radius 3 is 2.32 bits per heavy atom. The zero-order chi connectivity index (χ0) is 16.6. The second-order valence-electron chi connectivity index (χ2n) is 5.93. The Morgan fingerprint density at radius 1 is 1.14 bits per heavy atom. The first-order valence-electron chi connectivity index (χ1n) is 7.95. The van der Waals surface area contributed by atoms with E-state index in [1.54, 1.807) is 7.11 Å². The van der Waals surface area contributed by atoms with Crippen LogP contribution >= 0.6 is 0 Å². The van der Waals surface area contributed by atoms with Crippen molar-refractivity contribution in [1.82, 2.24) is 4.72 Å². The molecular formula is C17H29NO3S. The highest BCUT2D eigenvalue weighted by atomic mass is 32.2. The minimum Gasteiger partial charge on any atom is -0.385 e. The molecular weight excluding hydrogens is 298 g/mol. The van der Waals surface area contributed by atoms with Crippen LogP contribution in [0.5, 0.6) is 0 Å². The number of benzene rings is 1. The van der Waals surface area contributed by atoms with Crippen molar-refractivity contribution in [3.8, 4) is 0 Å². The lowest BCUT2D eigenvalue weighted by molar-refractivity contribution is 0.179. The number of nitrogens with one attached hydrogen (secondary N) is 1. The summed E-state index contributed by atoms with van der Waals surface area (Å²) in [6.07, 6.45) is 2.53. The normalized spacial score (nSPS) is 14.7. The fourth-order valence-electron chi connectivity index (χ4n) is 2.26. The van der Waals surface area contributed by atoms with E-state index in [1.165, 1.54) is 5.56 Å². The van der Waals surface area contributed by atoms with Gasteiger partial charge in [-0.05, 0) is 43.2 Å². The molecule has 2 atom stereocenters. The predicted octanol–water partition coefficient (Wildman–Crippen LogP) is 3.29. The molecule has 0 aliphatic heterocycles. The summed E-state index contributed by atoms with van der Waals surface area (Å²) < 4.78 is 32.1. The van der Waals surface area contributed by atoms with Gasteiger partial charge in [-0.15, -0.1) is 0 Å². The second-order valence-corrected chi connectivity index (χ2v) is 7.80. The molecule has 5 heteroatoms. The molecule has 0 saturated heterocycles.